The Balaban J connectivity index is 1.86. The van der Waals surface area contributed by atoms with Crippen LogP contribution in [0.1, 0.15) is 42.6 Å². The number of hydrogen-bond acceptors (Lipinski definition) is 2. The topological polar surface area (TPSA) is 57.6 Å². The molecule has 4 heteroatoms. The second kappa shape index (κ2) is 5.65. The van der Waals surface area contributed by atoms with Crippen LogP contribution in [0.5, 0.6) is 0 Å². The van der Waals surface area contributed by atoms with Crippen LogP contribution in [0, 0.1) is 5.41 Å². The zero-order valence-electron chi connectivity index (χ0n) is 12.1. The van der Waals surface area contributed by atoms with Gasteiger partial charge in [-0.2, -0.15) is 0 Å². The quantitative estimate of drug-likeness (QED) is 0.918. The highest BCUT2D eigenvalue weighted by atomic mass is 16.4. The number of hydrogen-bond donors (Lipinski definition) is 1. The number of nitrogens with zero attached hydrogens (tertiary/aromatic N) is 1. The first-order valence-electron chi connectivity index (χ1n) is 6.97. The van der Waals surface area contributed by atoms with E-state index in [0.29, 0.717) is 12.8 Å². The van der Waals surface area contributed by atoms with Gasteiger partial charge in [0.2, 0.25) is 5.91 Å². The number of aryl methyl sites for hydroxylation is 1. The van der Waals surface area contributed by atoms with Crippen molar-refractivity contribution in [3.05, 3.63) is 35.4 Å². The monoisotopic (exact) mass is 275 g/mol. The third kappa shape index (κ3) is 3.59. The highest BCUT2D eigenvalue weighted by Crippen LogP contribution is 2.29. The lowest BCUT2D eigenvalue weighted by molar-refractivity contribution is -0.130. The maximum Gasteiger partial charge on any atom is 0.335 e. The van der Waals surface area contributed by atoms with Gasteiger partial charge in [-0.05, 0) is 36.0 Å². The van der Waals surface area contributed by atoms with Crippen molar-refractivity contribution in [2.24, 2.45) is 5.41 Å². The van der Waals surface area contributed by atoms with Gasteiger partial charge in [-0.3, -0.25) is 4.79 Å². The van der Waals surface area contributed by atoms with E-state index >= 15 is 0 Å². The van der Waals surface area contributed by atoms with Gasteiger partial charge in [0.15, 0.2) is 0 Å². The summed E-state index contributed by atoms with van der Waals surface area (Å²) in [5, 5.41) is 8.83. The number of benzene rings is 1. The van der Waals surface area contributed by atoms with Crippen LogP contribution in [-0.2, 0) is 11.2 Å². The lowest BCUT2D eigenvalue weighted by Crippen LogP contribution is -2.30. The number of carboxylic acids is 1. The van der Waals surface area contributed by atoms with E-state index in [9.17, 15) is 9.59 Å². The van der Waals surface area contributed by atoms with E-state index in [4.69, 9.17) is 5.11 Å². The Hall–Kier alpha value is -1.84. The van der Waals surface area contributed by atoms with Crippen LogP contribution in [0.4, 0.5) is 0 Å². The molecule has 1 aromatic rings. The van der Waals surface area contributed by atoms with Gasteiger partial charge in [0.25, 0.3) is 0 Å². The normalized spacial score (nSPS) is 17.2. The number of carboxylic acid groups (broad SMARTS) is 1. The summed E-state index contributed by atoms with van der Waals surface area (Å²) in [5.74, 6) is -0.732. The smallest absolute Gasteiger partial charge is 0.335 e. The largest absolute Gasteiger partial charge is 0.478 e. The van der Waals surface area contributed by atoms with Gasteiger partial charge in [-0.25, -0.2) is 4.79 Å². The van der Waals surface area contributed by atoms with Crippen LogP contribution in [0.25, 0.3) is 0 Å². The maximum absolute atomic E-state index is 12.1. The first-order chi connectivity index (χ1) is 9.37. The molecule has 0 aromatic heterocycles. The molecular formula is C16H21NO3. The fourth-order valence-electron chi connectivity index (χ4n) is 2.55. The van der Waals surface area contributed by atoms with Gasteiger partial charge in [0, 0.05) is 19.5 Å². The molecule has 2 rings (SSSR count). The molecule has 0 aliphatic carbocycles. The van der Waals surface area contributed by atoms with Crippen LogP contribution in [0.15, 0.2) is 24.3 Å². The molecule has 1 N–H and O–H groups in total. The predicted molar refractivity (Wildman–Crippen MR) is 76.7 cm³/mol. The number of likely N-dealkylation sites (tertiary alicyclic amines) is 1. The Morgan fingerprint density at radius 2 is 1.90 bits per heavy atom. The summed E-state index contributed by atoms with van der Waals surface area (Å²) in [4.78, 5) is 24.8. The highest BCUT2D eigenvalue weighted by Gasteiger charge is 2.31. The molecule has 0 saturated carbocycles. The van der Waals surface area contributed by atoms with E-state index in [0.717, 1.165) is 25.1 Å². The summed E-state index contributed by atoms with van der Waals surface area (Å²) in [6, 6.07) is 6.73. The molecule has 0 atom stereocenters. The number of rotatable bonds is 4. The summed E-state index contributed by atoms with van der Waals surface area (Å²) in [6.45, 7) is 6.06. The predicted octanol–water partition coefficient (Wildman–Crippen LogP) is 2.58. The van der Waals surface area contributed by atoms with E-state index in [1.54, 1.807) is 24.3 Å². The summed E-state index contributed by atoms with van der Waals surface area (Å²) in [5.41, 5.74) is 1.52. The van der Waals surface area contributed by atoms with Crippen molar-refractivity contribution in [3.63, 3.8) is 0 Å². The van der Waals surface area contributed by atoms with Crippen molar-refractivity contribution in [1.82, 2.24) is 4.90 Å². The van der Waals surface area contributed by atoms with Crippen molar-refractivity contribution < 1.29 is 14.7 Å². The molecule has 1 fully saturated rings. The molecule has 1 aliphatic rings. The minimum absolute atomic E-state index is 0.192. The molecule has 1 aliphatic heterocycles. The van der Waals surface area contributed by atoms with E-state index in [-0.39, 0.29) is 16.9 Å². The van der Waals surface area contributed by atoms with E-state index in [1.165, 1.54) is 0 Å². The van der Waals surface area contributed by atoms with Crippen molar-refractivity contribution in [1.29, 1.82) is 0 Å². The molecule has 0 bridgehead atoms. The molecule has 1 saturated heterocycles. The number of aromatic carboxylic acids is 1. The third-order valence-electron chi connectivity index (χ3n) is 3.86. The van der Waals surface area contributed by atoms with Gasteiger partial charge in [-0.1, -0.05) is 26.0 Å². The maximum atomic E-state index is 12.1. The lowest BCUT2D eigenvalue weighted by atomic mass is 9.93. The second-order valence-corrected chi connectivity index (χ2v) is 6.23. The SMILES string of the molecule is CC1(C)CCN(C(=O)CCc2ccc(C(=O)O)cc2)C1. The molecule has 20 heavy (non-hydrogen) atoms. The van der Waals surface area contributed by atoms with Gasteiger partial charge in [0.05, 0.1) is 5.56 Å². The summed E-state index contributed by atoms with van der Waals surface area (Å²) < 4.78 is 0. The molecular weight excluding hydrogens is 254 g/mol. The fraction of sp³-hybridized carbons (Fsp3) is 0.500. The van der Waals surface area contributed by atoms with Crippen molar-refractivity contribution in [3.8, 4) is 0 Å². The first kappa shape index (κ1) is 14.6. The van der Waals surface area contributed by atoms with Crippen LogP contribution >= 0.6 is 0 Å². The molecule has 0 spiro atoms. The van der Waals surface area contributed by atoms with Crippen molar-refractivity contribution in [2.45, 2.75) is 33.1 Å². The van der Waals surface area contributed by atoms with Crippen LogP contribution < -0.4 is 0 Å². The van der Waals surface area contributed by atoms with Crippen LogP contribution in [0.2, 0.25) is 0 Å². The molecule has 0 unspecified atom stereocenters. The van der Waals surface area contributed by atoms with Crippen LogP contribution in [0.3, 0.4) is 0 Å². The Labute approximate surface area is 119 Å². The van der Waals surface area contributed by atoms with E-state index in [2.05, 4.69) is 13.8 Å². The number of carbonyl (C=O) groups is 2. The molecule has 1 amide bonds. The average molecular weight is 275 g/mol. The van der Waals surface area contributed by atoms with Crippen molar-refractivity contribution in [2.75, 3.05) is 13.1 Å². The van der Waals surface area contributed by atoms with Gasteiger partial charge < -0.3 is 10.0 Å². The second-order valence-electron chi connectivity index (χ2n) is 6.23. The number of amides is 1. The zero-order chi connectivity index (χ0) is 14.8. The van der Waals surface area contributed by atoms with Gasteiger partial charge in [0.1, 0.15) is 0 Å². The van der Waals surface area contributed by atoms with E-state index in [1.807, 2.05) is 4.90 Å². The lowest BCUT2D eigenvalue weighted by Gasteiger charge is -2.19. The van der Waals surface area contributed by atoms with Gasteiger partial charge in [-0.15, -0.1) is 0 Å². The molecule has 4 nitrogen and oxygen atoms in total. The molecule has 0 radical (unpaired) electrons. The fourth-order valence-corrected chi connectivity index (χ4v) is 2.55. The standard InChI is InChI=1S/C16H21NO3/c1-16(2)9-10-17(11-16)14(18)8-5-12-3-6-13(7-4-12)15(19)20/h3-4,6-7H,5,8-11H2,1-2H3,(H,19,20). The van der Waals surface area contributed by atoms with Crippen molar-refractivity contribution >= 4 is 11.9 Å². The average Bonchev–Trinajstić information content (AvgIpc) is 2.77. The zero-order valence-corrected chi connectivity index (χ0v) is 12.1. The highest BCUT2D eigenvalue weighted by molar-refractivity contribution is 5.87. The summed E-state index contributed by atoms with van der Waals surface area (Å²) in [7, 11) is 0. The summed E-state index contributed by atoms with van der Waals surface area (Å²) in [6.07, 6.45) is 2.21. The minimum atomic E-state index is -0.924. The first-order valence-corrected chi connectivity index (χ1v) is 6.97. The Bertz CT molecular complexity index is 505. The summed E-state index contributed by atoms with van der Waals surface area (Å²) >= 11 is 0. The van der Waals surface area contributed by atoms with E-state index < -0.39 is 5.97 Å². The number of carbonyl (C=O) groups excluding carboxylic acids is 1. The third-order valence-corrected chi connectivity index (χ3v) is 3.86. The van der Waals surface area contributed by atoms with Gasteiger partial charge >= 0.3 is 5.97 Å². The Kier molecular flexibility index (Phi) is 4.12. The molecule has 1 aromatic carbocycles. The Morgan fingerprint density at radius 1 is 1.25 bits per heavy atom. The molecule has 1 heterocycles. The Morgan fingerprint density at radius 3 is 2.40 bits per heavy atom. The molecule has 108 valence electrons. The minimum Gasteiger partial charge on any atom is -0.478 e. The van der Waals surface area contributed by atoms with Crippen LogP contribution in [-0.4, -0.2) is 35.0 Å².